The van der Waals surface area contributed by atoms with E-state index in [2.05, 4.69) is 28.0 Å². The van der Waals surface area contributed by atoms with Gasteiger partial charge < -0.3 is 4.57 Å². The van der Waals surface area contributed by atoms with Crippen LogP contribution in [-0.2, 0) is 11.3 Å². The van der Waals surface area contributed by atoms with Crippen molar-refractivity contribution < 1.29 is 9.59 Å². The van der Waals surface area contributed by atoms with Gasteiger partial charge in [0.25, 0.3) is 11.8 Å². The predicted molar refractivity (Wildman–Crippen MR) is 96.9 cm³/mol. The first kappa shape index (κ1) is 19.0. The van der Waals surface area contributed by atoms with Gasteiger partial charge >= 0.3 is 0 Å². The fourth-order valence-electron chi connectivity index (χ4n) is 2.11. The van der Waals surface area contributed by atoms with Gasteiger partial charge in [0.2, 0.25) is 0 Å². The van der Waals surface area contributed by atoms with Gasteiger partial charge in [-0.1, -0.05) is 49.7 Å². The Labute approximate surface area is 151 Å². The highest BCUT2D eigenvalue weighted by Gasteiger charge is 2.18. The van der Waals surface area contributed by atoms with Crippen LogP contribution in [0.2, 0.25) is 0 Å². The second-order valence-electron chi connectivity index (χ2n) is 5.58. The molecule has 7 nitrogen and oxygen atoms in total. The Morgan fingerprint density at radius 1 is 1.20 bits per heavy atom. The molecule has 1 heterocycles. The van der Waals surface area contributed by atoms with Crippen LogP contribution in [0.1, 0.15) is 43.5 Å². The van der Waals surface area contributed by atoms with Crippen molar-refractivity contribution in [2.45, 2.75) is 50.1 Å². The Hall–Kier alpha value is -2.35. The number of hydrogen-bond donors (Lipinski definition) is 2. The quantitative estimate of drug-likeness (QED) is 0.428. The molecule has 8 heteroatoms. The van der Waals surface area contributed by atoms with Crippen molar-refractivity contribution in [2.24, 2.45) is 0 Å². The van der Waals surface area contributed by atoms with Crippen molar-refractivity contribution in [1.29, 1.82) is 0 Å². The molecule has 0 unspecified atom stereocenters. The van der Waals surface area contributed by atoms with Gasteiger partial charge in [0.05, 0.1) is 5.25 Å². The third kappa shape index (κ3) is 5.90. The molecule has 134 valence electrons. The highest BCUT2D eigenvalue weighted by molar-refractivity contribution is 8.00. The van der Waals surface area contributed by atoms with Crippen molar-refractivity contribution in [2.75, 3.05) is 0 Å². The first-order valence-electron chi connectivity index (χ1n) is 8.31. The zero-order chi connectivity index (χ0) is 18.1. The molecule has 0 spiro atoms. The van der Waals surface area contributed by atoms with Crippen LogP contribution >= 0.6 is 11.8 Å². The number of aromatic nitrogens is 3. The Balaban J connectivity index is 1.82. The van der Waals surface area contributed by atoms with Gasteiger partial charge in [0.15, 0.2) is 5.16 Å². The first-order chi connectivity index (χ1) is 12.1. The van der Waals surface area contributed by atoms with E-state index in [9.17, 15) is 9.59 Å². The van der Waals surface area contributed by atoms with Crippen molar-refractivity contribution in [3.05, 3.63) is 42.2 Å². The van der Waals surface area contributed by atoms with Crippen molar-refractivity contribution in [1.82, 2.24) is 25.6 Å². The van der Waals surface area contributed by atoms with Crippen LogP contribution < -0.4 is 10.9 Å². The van der Waals surface area contributed by atoms with Gasteiger partial charge in [0.1, 0.15) is 6.33 Å². The number of carbonyl (C=O) groups is 2. The summed E-state index contributed by atoms with van der Waals surface area (Å²) < 4.78 is 1.95. The maximum absolute atomic E-state index is 12.2. The molecule has 0 aliphatic carbocycles. The van der Waals surface area contributed by atoms with Crippen LogP contribution in [0.5, 0.6) is 0 Å². The lowest BCUT2D eigenvalue weighted by atomic mass is 10.2. The molecule has 0 fully saturated rings. The van der Waals surface area contributed by atoms with Gasteiger partial charge in [0, 0.05) is 12.1 Å². The number of nitrogens with one attached hydrogen (secondary N) is 2. The molecule has 0 saturated heterocycles. The molecule has 2 N–H and O–H groups in total. The average molecular weight is 361 g/mol. The third-order valence-corrected chi connectivity index (χ3v) is 4.66. The number of unbranched alkanes of at least 4 members (excludes halogenated alkanes) is 2. The largest absolute Gasteiger partial charge is 0.309 e. The lowest BCUT2D eigenvalue weighted by molar-refractivity contribution is -0.121. The van der Waals surface area contributed by atoms with E-state index in [4.69, 9.17) is 0 Å². The van der Waals surface area contributed by atoms with Crippen LogP contribution in [0.15, 0.2) is 41.8 Å². The van der Waals surface area contributed by atoms with E-state index in [0.29, 0.717) is 10.7 Å². The van der Waals surface area contributed by atoms with E-state index in [1.807, 2.05) is 10.6 Å². The summed E-state index contributed by atoms with van der Waals surface area (Å²) in [5, 5.41) is 8.28. The van der Waals surface area contributed by atoms with Crippen LogP contribution in [0.4, 0.5) is 0 Å². The fourth-order valence-corrected chi connectivity index (χ4v) is 2.96. The second-order valence-corrected chi connectivity index (χ2v) is 6.89. The minimum absolute atomic E-state index is 0.294. The summed E-state index contributed by atoms with van der Waals surface area (Å²) in [5.74, 6) is -0.647. The molecule has 0 aliphatic heterocycles. The van der Waals surface area contributed by atoms with E-state index in [1.165, 1.54) is 11.8 Å². The smallest absolute Gasteiger partial charge is 0.269 e. The molecule has 25 heavy (non-hydrogen) atoms. The molecular weight excluding hydrogens is 338 g/mol. The van der Waals surface area contributed by atoms with Crippen LogP contribution in [0, 0.1) is 0 Å². The normalized spacial score (nSPS) is 11.8. The highest BCUT2D eigenvalue weighted by Crippen LogP contribution is 2.21. The molecule has 1 aromatic heterocycles. The Morgan fingerprint density at radius 2 is 1.96 bits per heavy atom. The molecule has 2 aromatic rings. The molecular formula is C17H23N5O2S. The number of hydrogen-bond acceptors (Lipinski definition) is 5. The van der Waals surface area contributed by atoms with E-state index in [-0.39, 0.29) is 11.8 Å². The van der Waals surface area contributed by atoms with Gasteiger partial charge in [-0.25, -0.2) is 0 Å². The molecule has 1 aromatic carbocycles. The van der Waals surface area contributed by atoms with E-state index < -0.39 is 5.25 Å². The van der Waals surface area contributed by atoms with Crippen molar-refractivity contribution in [3.63, 3.8) is 0 Å². The topological polar surface area (TPSA) is 88.9 Å². The number of hydrazine groups is 1. The lowest BCUT2D eigenvalue weighted by Gasteiger charge is -2.13. The van der Waals surface area contributed by atoms with Gasteiger partial charge in [-0.05, 0) is 25.5 Å². The molecule has 0 bridgehead atoms. The Bertz CT molecular complexity index is 689. The summed E-state index contributed by atoms with van der Waals surface area (Å²) in [5.41, 5.74) is 5.35. The maximum Gasteiger partial charge on any atom is 0.269 e. The monoisotopic (exact) mass is 361 g/mol. The minimum Gasteiger partial charge on any atom is -0.309 e. The van der Waals surface area contributed by atoms with Gasteiger partial charge in [-0.3, -0.25) is 20.4 Å². The number of nitrogens with zero attached hydrogens (tertiary/aromatic N) is 3. The van der Waals surface area contributed by atoms with E-state index in [1.54, 1.807) is 37.5 Å². The number of carbonyl (C=O) groups excluding carboxylic acids is 2. The molecule has 1 atom stereocenters. The number of amides is 2. The first-order valence-corrected chi connectivity index (χ1v) is 9.19. The number of aryl methyl sites for hydroxylation is 1. The average Bonchev–Trinajstić information content (AvgIpc) is 3.07. The summed E-state index contributed by atoms with van der Waals surface area (Å²) in [4.78, 5) is 24.1. The lowest BCUT2D eigenvalue weighted by Crippen LogP contribution is -2.44. The zero-order valence-electron chi connectivity index (χ0n) is 14.4. The Kier molecular flexibility index (Phi) is 7.46. The summed E-state index contributed by atoms with van der Waals surface area (Å²) in [6, 6.07) is 8.71. The summed E-state index contributed by atoms with van der Waals surface area (Å²) >= 11 is 1.32. The standard InChI is InChI=1S/C17H23N5O2S/c1-3-4-8-11-22-12-18-21-17(22)25-13(2)15(23)19-20-16(24)14-9-6-5-7-10-14/h5-7,9-10,12-13H,3-4,8,11H2,1-2H3,(H,19,23)(H,20,24)/t13-/m1/s1. The molecule has 2 amide bonds. The highest BCUT2D eigenvalue weighted by atomic mass is 32.2. The molecule has 0 radical (unpaired) electrons. The summed E-state index contributed by atoms with van der Waals surface area (Å²) in [6.07, 6.45) is 5.02. The van der Waals surface area contributed by atoms with Crippen molar-refractivity contribution in [3.8, 4) is 0 Å². The minimum atomic E-state index is -0.412. The van der Waals surface area contributed by atoms with Gasteiger partial charge in [-0.15, -0.1) is 10.2 Å². The van der Waals surface area contributed by atoms with E-state index in [0.717, 1.165) is 25.8 Å². The summed E-state index contributed by atoms with van der Waals surface area (Å²) in [7, 11) is 0. The maximum atomic E-state index is 12.2. The molecule has 0 saturated carbocycles. The number of benzene rings is 1. The van der Waals surface area contributed by atoms with Gasteiger partial charge in [-0.2, -0.15) is 0 Å². The van der Waals surface area contributed by atoms with Crippen LogP contribution in [0.25, 0.3) is 0 Å². The van der Waals surface area contributed by atoms with Crippen LogP contribution in [-0.4, -0.2) is 31.8 Å². The van der Waals surface area contributed by atoms with Crippen LogP contribution in [0.3, 0.4) is 0 Å². The second kappa shape index (κ2) is 9.83. The fraction of sp³-hybridized carbons (Fsp3) is 0.412. The molecule has 0 aliphatic rings. The molecule has 2 rings (SSSR count). The van der Waals surface area contributed by atoms with E-state index >= 15 is 0 Å². The zero-order valence-corrected chi connectivity index (χ0v) is 15.3. The number of thioether (sulfide) groups is 1. The Morgan fingerprint density at radius 3 is 2.68 bits per heavy atom. The predicted octanol–water partition coefficient (Wildman–Crippen LogP) is 2.41. The van der Waals surface area contributed by atoms with Crippen molar-refractivity contribution >= 4 is 23.6 Å². The number of rotatable bonds is 8. The third-order valence-electron chi connectivity index (χ3n) is 3.57. The summed E-state index contributed by atoms with van der Waals surface area (Å²) in [6.45, 7) is 4.75. The SMILES string of the molecule is CCCCCn1cnnc1S[C@H](C)C(=O)NNC(=O)c1ccccc1.